The molecule has 7 nitrogen and oxygen atoms in total. The molecule has 106 valence electrons. The minimum Gasteiger partial charge on any atom is -0.480 e. The fourth-order valence-corrected chi connectivity index (χ4v) is 1.99. The molecule has 1 aromatic rings. The molecule has 1 unspecified atom stereocenters. The molecule has 0 radical (unpaired) electrons. The maximum Gasteiger partial charge on any atom is 0.328 e. The van der Waals surface area contributed by atoms with E-state index in [1.54, 1.807) is 0 Å². The van der Waals surface area contributed by atoms with Crippen LogP contribution in [0.1, 0.15) is 10.4 Å². The van der Waals surface area contributed by atoms with E-state index in [4.69, 9.17) is 16.7 Å². The molecule has 0 saturated carbocycles. The molecule has 2 amide bonds. The second-order valence-electron chi connectivity index (χ2n) is 4.08. The largest absolute Gasteiger partial charge is 0.480 e. The van der Waals surface area contributed by atoms with E-state index in [1.165, 1.54) is 0 Å². The number of nitrogens with zero attached hydrogens (tertiary/aromatic N) is 2. The highest BCUT2D eigenvalue weighted by molar-refractivity contribution is 6.32. The quantitative estimate of drug-likeness (QED) is 0.743. The summed E-state index contributed by atoms with van der Waals surface area (Å²) >= 11 is 5.70. The summed E-state index contributed by atoms with van der Waals surface area (Å²) in [4.78, 5) is 38.9. The molecule has 2 rings (SSSR count). The summed E-state index contributed by atoms with van der Waals surface area (Å²) in [5.41, 5.74) is -0.285. The molecule has 0 aliphatic carbocycles. The SMILES string of the molecule is O=C1CN(C(=O)c2cc(F)cnc2Cl)C(C(=O)O)CN1. The average Bonchev–Trinajstić information content (AvgIpc) is 2.40. The number of carboxylic acids is 1. The van der Waals surface area contributed by atoms with Crippen LogP contribution in [0.2, 0.25) is 5.15 Å². The zero-order valence-corrected chi connectivity index (χ0v) is 10.7. The summed E-state index contributed by atoms with van der Waals surface area (Å²) in [7, 11) is 0. The first-order chi connectivity index (χ1) is 9.40. The maximum atomic E-state index is 13.1. The number of halogens is 2. The van der Waals surface area contributed by atoms with Crippen molar-refractivity contribution in [2.45, 2.75) is 6.04 Å². The van der Waals surface area contributed by atoms with Gasteiger partial charge in [0.2, 0.25) is 5.91 Å². The number of hydrogen-bond acceptors (Lipinski definition) is 4. The number of nitrogens with one attached hydrogen (secondary N) is 1. The summed E-state index contributed by atoms with van der Waals surface area (Å²) in [5.74, 6) is -3.43. The van der Waals surface area contributed by atoms with Crippen LogP contribution in [0.3, 0.4) is 0 Å². The Balaban J connectivity index is 2.36. The number of rotatable bonds is 2. The van der Waals surface area contributed by atoms with Gasteiger partial charge in [-0.3, -0.25) is 9.59 Å². The molecule has 1 aromatic heterocycles. The van der Waals surface area contributed by atoms with Crippen LogP contribution in [0, 0.1) is 5.82 Å². The number of pyridine rings is 1. The van der Waals surface area contributed by atoms with Gasteiger partial charge in [-0.1, -0.05) is 11.6 Å². The zero-order valence-electron chi connectivity index (χ0n) is 9.97. The number of amides is 2. The highest BCUT2D eigenvalue weighted by Gasteiger charge is 2.36. The van der Waals surface area contributed by atoms with Crippen LogP contribution in [-0.2, 0) is 9.59 Å². The lowest BCUT2D eigenvalue weighted by atomic mass is 10.1. The molecule has 1 atom stereocenters. The Morgan fingerprint density at radius 2 is 2.25 bits per heavy atom. The van der Waals surface area contributed by atoms with Crippen molar-refractivity contribution in [3.63, 3.8) is 0 Å². The normalized spacial score (nSPS) is 18.6. The predicted octanol–water partition coefficient (Wildman–Crippen LogP) is -0.101. The van der Waals surface area contributed by atoms with E-state index in [1.807, 2.05) is 0 Å². The van der Waals surface area contributed by atoms with E-state index in [2.05, 4.69) is 10.3 Å². The molecule has 2 N–H and O–H groups in total. The van der Waals surface area contributed by atoms with Gasteiger partial charge in [0.15, 0.2) is 0 Å². The van der Waals surface area contributed by atoms with Crippen LogP contribution < -0.4 is 5.32 Å². The van der Waals surface area contributed by atoms with E-state index in [0.29, 0.717) is 0 Å². The predicted molar refractivity (Wildman–Crippen MR) is 64.7 cm³/mol. The minimum atomic E-state index is -1.28. The molecule has 0 spiro atoms. The number of aliphatic carboxylic acids is 1. The van der Waals surface area contributed by atoms with Gasteiger partial charge in [-0.05, 0) is 6.07 Å². The fraction of sp³-hybridized carbons (Fsp3) is 0.273. The molecule has 0 aromatic carbocycles. The molecule has 1 saturated heterocycles. The third-order valence-electron chi connectivity index (χ3n) is 2.76. The third kappa shape index (κ3) is 2.69. The molecule has 1 aliphatic heterocycles. The second kappa shape index (κ2) is 5.41. The summed E-state index contributed by atoms with van der Waals surface area (Å²) in [6.07, 6.45) is 0.830. The van der Waals surface area contributed by atoms with E-state index < -0.39 is 36.2 Å². The molecule has 20 heavy (non-hydrogen) atoms. The summed E-state index contributed by atoms with van der Waals surface area (Å²) in [6, 6.07) is -0.386. The summed E-state index contributed by atoms with van der Waals surface area (Å²) in [5, 5.41) is 11.1. The van der Waals surface area contributed by atoms with Gasteiger partial charge in [0.1, 0.15) is 23.6 Å². The van der Waals surface area contributed by atoms with Crippen molar-refractivity contribution in [2.75, 3.05) is 13.1 Å². The van der Waals surface area contributed by atoms with Crippen LogP contribution in [-0.4, -0.2) is 51.9 Å². The topological polar surface area (TPSA) is 99.6 Å². The Labute approximate surface area is 117 Å². The van der Waals surface area contributed by atoms with Crippen LogP contribution in [0.4, 0.5) is 4.39 Å². The number of piperazine rings is 1. The molecule has 1 fully saturated rings. The maximum absolute atomic E-state index is 13.1. The number of carbonyl (C=O) groups excluding carboxylic acids is 2. The lowest BCUT2D eigenvalue weighted by Crippen LogP contribution is -2.59. The van der Waals surface area contributed by atoms with Crippen LogP contribution >= 0.6 is 11.6 Å². The lowest BCUT2D eigenvalue weighted by molar-refractivity contribution is -0.144. The second-order valence-corrected chi connectivity index (χ2v) is 4.44. The molecule has 1 aliphatic rings. The van der Waals surface area contributed by atoms with Gasteiger partial charge in [0, 0.05) is 6.54 Å². The van der Waals surface area contributed by atoms with Crippen LogP contribution in [0.5, 0.6) is 0 Å². The lowest BCUT2D eigenvalue weighted by Gasteiger charge is -2.32. The Bertz CT molecular complexity index is 595. The van der Waals surface area contributed by atoms with E-state index in [9.17, 15) is 18.8 Å². The van der Waals surface area contributed by atoms with Gasteiger partial charge in [-0.25, -0.2) is 14.2 Å². The third-order valence-corrected chi connectivity index (χ3v) is 3.07. The van der Waals surface area contributed by atoms with Crippen LogP contribution in [0.25, 0.3) is 0 Å². The molecule has 0 bridgehead atoms. The minimum absolute atomic E-state index is 0.222. The smallest absolute Gasteiger partial charge is 0.328 e. The first kappa shape index (κ1) is 14.2. The van der Waals surface area contributed by atoms with E-state index in [0.717, 1.165) is 17.2 Å². The monoisotopic (exact) mass is 301 g/mol. The standard InChI is InChI=1S/C11H9ClFN3O4/c12-9-6(1-5(13)2-15-9)10(18)16-4-8(17)14-3-7(16)11(19)20/h1-2,7H,3-4H2,(H,14,17)(H,19,20). The highest BCUT2D eigenvalue weighted by Crippen LogP contribution is 2.18. The summed E-state index contributed by atoms with van der Waals surface area (Å²) < 4.78 is 13.1. The zero-order chi connectivity index (χ0) is 14.9. The van der Waals surface area contributed by atoms with Crippen molar-refractivity contribution in [2.24, 2.45) is 0 Å². The summed E-state index contributed by atoms with van der Waals surface area (Å²) in [6.45, 7) is -0.664. The van der Waals surface area contributed by atoms with Gasteiger partial charge in [-0.2, -0.15) is 0 Å². The van der Waals surface area contributed by atoms with Crippen molar-refractivity contribution in [3.8, 4) is 0 Å². The Morgan fingerprint density at radius 3 is 2.90 bits per heavy atom. The average molecular weight is 302 g/mol. The van der Waals surface area contributed by atoms with Gasteiger partial charge < -0.3 is 15.3 Å². The van der Waals surface area contributed by atoms with Gasteiger partial charge in [0.25, 0.3) is 5.91 Å². The Hall–Kier alpha value is -2.22. The molecular weight excluding hydrogens is 293 g/mol. The van der Waals surface area contributed by atoms with Crippen molar-refractivity contribution in [1.29, 1.82) is 0 Å². The van der Waals surface area contributed by atoms with Crippen molar-refractivity contribution < 1.29 is 23.9 Å². The van der Waals surface area contributed by atoms with Crippen molar-refractivity contribution >= 4 is 29.4 Å². The Kier molecular flexibility index (Phi) is 3.84. The number of aromatic nitrogens is 1. The highest BCUT2D eigenvalue weighted by atomic mass is 35.5. The molecule has 9 heteroatoms. The van der Waals surface area contributed by atoms with Crippen molar-refractivity contribution in [3.05, 3.63) is 28.8 Å². The van der Waals surface area contributed by atoms with Gasteiger partial charge in [-0.15, -0.1) is 0 Å². The molecule has 2 heterocycles. The fourth-order valence-electron chi connectivity index (χ4n) is 1.80. The first-order valence-corrected chi connectivity index (χ1v) is 5.89. The van der Waals surface area contributed by atoms with Crippen LogP contribution in [0.15, 0.2) is 12.3 Å². The Morgan fingerprint density at radius 1 is 1.55 bits per heavy atom. The first-order valence-electron chi connectivity index (χ1n) is 5.51. The van der Waals surface area contributed by atoms with E-state index >= 15 is 0 Å². The van der Waals surface area contributed by atoms with Gasteiger partial charge in [0.05, 0.1) is 11.8 Å². The van der Waals surface area contributed by atoms with E-state index in [-0.39, 0.29) is 17.3 Å². The van der Waals surface area contributed by atoms with Crippen molar-refractivity contribution in [1.82, 2.24) is 15.2 Å². The number of hydrogen-bond donors (Lipinski definition) is 2. The molecular formula is C11H9ClFN3O4. The number of carbonyl (C=O) groups is 3. The number of carboxylic acid groups (broad SMARTS) is 1. The van der Waals surface area contributed by atoms with Gasteiger partial charge >= 0.3 is 5.97 Å².